The molecule has 0 saturated heterocycles. The predicted octanol–water partition coefficient (Wildman–Crippen LogP) is 8.38. The molecule has 0 aliphatic heterocycles. The Morgan fingerprint density at radius 3 is 2.24 bits per heavy atom. The molecule has 4 rings (SSSR count). The van der Waals surface area contributed by atoms with Gasteiger partial charge in [-0.1, -0.05) is 71.2 Å². The molecule has 0 aliphatic carbocycles. The standard InChI is InChI=1S/C28H21Cl3N2O3S/c1-36-25-13-11-20(16-24(25)31)33-28(35)26(17-6-3-2-4-7-17)37-21-9-5-8-19(15-21)32-27(34)22-12-10-18(29)14-23(22)30/h2-16,26H,1H3,(H,32,34)(H,33,35). The van der Waals surface area contributed by atoms with Gasteiger partial charge in [0, 0.05) is 21.3 Å². The topological polar surface area (TPSA) is 67.4 Å². The Balaban J connectivity index is 1.55. The van der Waals surface area contributed by atoms with E-state index in [0.29, 0.717) is 32.7 Å². The van der Waals surface area contributed by atoms with Crippen molar-refractivity contribution in [3.05, 3.63) is 117 Å². The van der Waals surface area contributed by atoms with Gasteiger partial charge < -0.3 is 15.4 Å². The third-order valence-corrected chi connectivity index (χ3v) is 7.37. The van der Waals surface area contributed by atoms with Crippen LogP contribution in [0.25, 0.3) is 0 Å². The summed E-state index contributed by atoms with van der Waals surface area (Å²) in [7, 11) is 1.53. The van der Waals surface area contributed by atoms with Crippen molar-refractivity contribution < 1.29 is 14.3 Å². The SMILES string of the molecule is COc1ccc(NC(=O)C(Sc2cccc(NC(=O)c3ccc(Cl)cc3Cl)c2)c2ccccc2)cc1Cl. The van der Waals surface area contributed by atoms with Crippen LogP contribution in [0, 0.1) is 0 Å². The molecule has 2 amide bonds. The van der Waals surface area contributed by atoms with Gasteiger partial charge in [-0.3, -0.25) is 9.59 Å². The maximum Gasteiger partial charge on any atom is 0.257 e. The van der Waals surface area contributed by atoms with Crippen LogP contribution in [0.5, 0.6) is 5.75 Å². The fraction of sp³-hybridized carbons (Fsp3) is 0.0714. The molecular weight excluding hydrogens is 551 g/mol. The number of anilines is 2. The van der Waals surface area contributed by atoms with Gasteiger partial charge in [-0.25, -0.2) is 0 Å². The summed E-state index contributed by atoms with van der Waals surface area (Å²) >= 11 is 19.7. The Morgan fingerprint density at radius 1 is 0.784 bits per heavy atom. The first-order valence-electron chi connectivity index (χ1n) is 11.1. The molecule has 2 N–H and O–H groups in total. The largest absolute Gasteiger partial charge is 0.495 e. The summed E-state index contributed by atoms with van der Waals surface area (Å²) in [5.74, 6) is -0.0650. The van der Waals surface area contributed by atoms with Crippen molar-refractivity contribution in [3.8, 4) is 5.75 Å². The Kier molecular flexibility index (Phi) is 9.00. The number of benzene rings is 4. The molecule has 0 aliphatic rings. The van der Waals surface area contributed by atoms with Crippen molar-refractivity contribution in [3.63, 3.8) is 0 Å². The van der Waals surface area contributed by atoms with Crippen LogP contribution in [-0.2, 0) is 4.79 Å². The number of rotatable bonds is 8. The van der Waals surface area contributed by atoms with Gasteiger partial charge in [0.25, 0.3) is 5.91 Å². The van der Waals surface area contributed by atoms with Crippen molar-refractivity contribution in [2.24, 2.45) is 0 Å². The van der Waals surface area contributed by atoms with Crippen LogP contribution in [-0.4, -0.2) is 18.9 Å². The number of thioether (sulfide) groups is 1. The molecule has 0 bridgehead atoms. The van der Waals surface area contributed by atoms with Gasteiger partial charge in [0.05, 0.1) is 22.7 Å². The quantitative estimate of drug-likeness (QED) is 0.208. The van der Waals surface area contributed by atoms with Crippen molar-refractivity contribution in [1.29, 1.82) is 0 Å². The Labute approximate surface area is 234 Å². The molecule has 1 unspecified atom stereocenters. The molecule has 0 heterocycles. The number of carbonyl (C=O) groups excluding carboxylic acids is 2. The highest BCUT2D eigenvalue weighted by atomic mass is 35.5. The van der Waals surface area contributed by atoms with Crippen LogP contribution in [0.3, 0.4) is 0 Å². The van der Waals surface area contributed by atoms with E-state index in [1.807, 2.05) is 42.5 Å². The van der Waals surface area contributed by atoms with E-state index < -0.39 is 5.25 Å². The summed E-state index contributed by atoms with van der Waals surface area (Å²) in [6.45, 7) is 0. The van der Waals surface area contributed by atoms with Crippen LogP contribution < -0.4 is 15.4 Å². The minimum Gasteiger partial charge on any atom is -0.495 e. The number of carbonyl (C=O) groups is 2. The lowest BCUT2D eigenvalue weighted by Gasteiger charge is -2.18. The van der Waals surface area contributed by atoms with Crippen LogP contribution in [0.15, 0.2) is 95.9 Å². The second kappa shape index (κ2) is 12.4. The Hall–Kier alpha value is -3.16. The highest BCUT2D eigenvalue weighted by Gasteiger charge is 2.23. The molecule has 1 atom stereocenters. The minimum absolute atomic E-state index is 0.222. The average Bonchev–Trinajstić information content (AvgIpc) is 2.88. The van der Waals surface area contributed by atoms with Crippen LogP contribution in [0.2, 0.25) is 15.1 Å². The molecule has 37 heavy (non-hydrogen) atoms. The van der Waals surface area contributed by atoms with Gasteiger partial charge in [-0.2, -0.15) is 0 Å². The predicted molar refractivity (Wildman–Crippen MR) is 153 cm³/mol. The van der Waals surface area contributed by atoms with Crippen LogP contribution in [0.4, 0.5) is 11.4 Å². The summed E-state index contributed by atoms with van der Waals surface area (Å²) in [6, 6.07) is 26.5. The molecule has 0 spiro atoms. The van der Waals surface area contributed by atoms with E-state index in [0.717, 1.165) is 10.5 Å². The lowest BCUT2D eigenvalue weighted by Crippen LogP contribution is -2.19. The first kappa shape index (κ1) is 26.9. The number of methoxy groups -OCH3 is 1. The third-order valence-electron chi connectivity index (χ3n) is 5.28. The zero-order valence-electron chi connectivity index (χ0n) is 19.5. The fourth-order valence-electron chi connectivity index (χ4n) is 3.51. The minimum atomic E-state index is -0.571. The van der Waals surface area contributed by atoms with Gasteiger partial charge in [-0.15, -0.1) is 11.8 Å². The average molecular weight is 572 g/mol. The fourth-order valence-corrected chi connectivity index (χ4v) is 5.34. The smallest absolute Gasteiger partial charge is 0.257 e. The van der Waals surface area contributed by atoms with Gasteiger partial charge in [-0.05, 0) is 60.2 Å². The number of hydrogen-bond acceptors (Lipinski definition) is 4. The van der Waals surface area contributed by atoms with E-state index in [9.17, 15) is 9.59 Å². The first-order chi connectivity index (χ1) is 17.8. The maximum absolute atomic E-state index is 13.4. The van der Waals surface area contributed by atoms with E-state index in [1.165, 1.54) is 24.9 Å². The normalized spacial score (nSPS) is 11.5. The molecule has 9 heteroatoms. The monoisotopic (exact) mass is 570 g/mol. The molecule has 0 saturated carbocycles. The van der Waals surface area contributed by atoms with Gasteiger partial charge in [0.2, 0.25) is 5.91 Å². The van der Waals surface area contributed by atoms with Gasteiger partial charge in [0.1, 0.15) is 11.0 Å². The second-order valence-corrected chi connectivity index (χ2v) is 10.3. The molecular formula is C28H21Cl3N2O3S. The summed E-state index contributed by atoms with van der Waals surface area (Å²) in [5.41, 5.74) is 2.25. The lowest BCUT2D eigenvalue weighted by atomic mass is 10.1. The highest BCUT2D eigenvalue weighted by molar-refractivity contribution is 8.00. The molecule has 4 aromatic carbocycles. The number of ether oxygens (including phenoxy) is 1. The summed E-state index contributed by atoms with van der Waals surface area (Å²) < 4.78 is 5.19. The van der Waals surface area contributed by atoms with E-state index in [2.05, 4.69) is 10.6 Å². The van der Waals surface area contributed by atoms with Crippen LogP contribution >= 0.6 is 46.6 Å². The molecule has 0 radical (unpaired) electrons. The van der Waals surface area contributed by atoms with Crippen molar-refractivity contribution in [1.82, 2.24) is 0 Å². The van der Waals surface area contributed by atoms with Crippen molar-refractivity contribution in [2.45, 2.75) is 10.1 Å². The van der Waals surface area contributed by atoms with Gasteiger partial charge in [0.15, 0.2) is 0 Å². The molecule has 5 nitrogen and oxygen atoms in total. The number of amides is 2. The van der Waals surface area contributed by atoms with Crippen molar-refractivity contribution >= 4 is 69.8 Å². The lowest BCUT2D eigenvalue weighted by molar-refractivity contribution is -0.115. The Bertz CT molecular complexity index is 1430. The molecule has 4 aromatic rings. The second-order valence-electron chi connectivity index (χ2n) is 7.85. The summed E-state index contributed by atoms with van der Waals surface area (Å²) in [4.78, 5) is 26.9. The number of nitrogens with one attached hydrogen (secondary N) is 2. The maximum atomic E-state index is 13.4. The van der Waals surface area contributed by atoms with Crippen molar-refractivity contribution in [2.75, 3.05) is 17.7 Å². The highest BCUT2D eigenvalue weighted by Crippen LogP contribution is 2.38. The zero-order chi connectivity index (χ0) is 26.4. The molecule has 0 aromatic heterocycles. The van der Waals surface area contributed by atoms with E-state index in [4.69, 9.17) is 39.5 Å². The number of halogens is 3. The van der Waals surface area contributed by atoms with E-state index in [-0.39, 0.29) is 16.8 Å². The third kappa shape index (κ3) is 6.99. The molecule has 188 valence electrons. The zero-order valence-corrected chi connectivity index (χ0v) is 22.6. The summed E-state index contributed by atoms with van der Waals surface area (Å²) in [5, 5.41) is 6.32. The van der Waals surface area contributed by atoms with E-state index in [1.54, 1.807) is 42.5 Å². The Morgan fingerprint density at radius 2 is 1.54 bits per heavy atom. The van der Waals surface area contributed by atoms with Gasteiger partial charge >= 0.3 is 0 Å². The van der Waals surface area contributed by atoms with Crippen LogP contribution in [0.1, 0.15) is 21.2 Å². The number of hydrogen-bond donors (Lipinski definition) is 2. The molecule has 0 fully saturated rings. The first-order valence-corrected chi connectivity index (χ1v) is 13.1. The summed E-state index contributed by atoms with van der Waals surface area (Å²) in [6.07, 6.45) is 0. The van der Waals surface area contributed by atoms with E-state index >= 15 is 0 Å².